The van der Waals surface area contributed by atoms with Gasteiger partial charge in [-0.2, -0.15) is 0 Å². The van der Waals surface area contributed by atoms with Crippen LogP contribution in [0.3, 0.4) is 0 Å². The summed E-state index contributed by atoms with van der Waals surface area (Å²) in [6.45, 7) is 3.99. The maximum Gasteiger partial charge on any atom is 0.191 e. The predicted octanol–water partition coefficient (Wildman–Crippen LogP) is 2.76. The molecule has 0 amide bonds. The molecule has 1 saturated carbocycles. The van der Waals surface area contributed by atoms with E-state index in [0.29, 0.717) is 6.04 Å². The number of rotatable bonds is 2. The Hall–Kier alpha value is -0.730. The molecule has 0 radical (unpaired) electrons. The number of hydrogen-bond acceptors (Lipinski definition) is 1. The Balaban J connectivity index is 2.03. The zero-order valence-corrected chi connectivity index (χ0v) is 11.2. The highest BCUT2D eigenvalue weighted by molar-refractivity contribution is 5.78. The van der Waals surface area contributed by atoms with Crippen molar-refractivity contribution in [2.45, 2.75) is 64.3 Å². The Morgan fingerprint density at radius 3 is 2.53 bits per heavy atom. The summed E-state index contributed by atoms with van der Waals surface area (Å²) in [5, 5.41) is 0. The summed E-state index contributed by atoms with van der Waals surface area (Å²) in [4.78, 5) is 6.82. The zero-order chi connectivity index (χ0) is 12.1. The number of piperidine rings is 1. The maximum atomic E-state index is 6.13. The molecule has 3 heteroatoms. The van der Waals surface area contributed by atoms with E-state index < -0.39 is 0 Å². The average Bonchev–Trinajstić information content (AvgIpc) is 2.40. The molecular weight excluding hydrogens is 210 g/mol. The lowest BCUT2D eigenvalue weighted by Gasteiger charge is -2.42. The molecule has 1 heterocycles. The predicted molar refractivity (Wildman–Crippen MR) is 73.1 cm³/mol. The van der Waals surface area contributed by atoms with Gasteiger partial charge in [0, 0.05) is 19.1 Å². The lowest BCUT2D eigenvalue weighted by molar-refractivity contribution is 0.142. The minimum absolute atomic E-state index is 0.680. The molecule has 0 bridgehead atoms. The Morgan fingerprint density at radius 2 is 1.82 bits per heavy atom. The van der Waals surface area contributed by atoms with Crippen LogP contribution in [0.15, 0.2) is 4.99 Å². The molecule has 1 aliphatic heterocycles. The highest BCUT2D eigenvalue weighted by Gasteiger charge is 2.31. The van der Waals surface area contributed by atoms with E-state index in [4.69, 9.17) is 5.73 Å². The van der Waals surface area contributed by atoms with Crippen LogP contribution in [0.2, 0.25) is 0 Å². The quantitative estimate of drug-likeness (QED) is 0.592. The van der Waals surface area contributed by atoms with Gasteiger partial charge in [-0.3, -0.25) is 4.99 Å². The Kier molecular flexibility index (Phi) is 4.69. The molecule has 1 unspecified atom stereocenters. The lowest BCUT2D eigenvalue weighted by atomic mass is 9.80. The van der Waals surface area contributed by atoms with Crippen LogP contribution >= 0.6 is 0 Å². The lowest BCUT2D eigenvalue weighted by Crippen LogP contribution is -2.51. The van der Waals surface area contributed by atoms with E-state index in [0.717, 1.165) is 25.0 Å². The molecule has 2 N–H and O–H groups in total. The summed E-state index contributed by atoms with van der Waals surface area (Å²) < 4.78 is 0. The summed E-state index contributed by atoms with van der Waals surface area (Å²) in [6, 6.07) is 0.680. The minimum atomic E-state index is 0.680. The van der Waals surface area contributed by atoms with Gasteiger partial charge in [-0.25, -0.2) is 0 Å². The van der Waals surface area contributed by atoms with E-state index in [1.165, 1.54) is 51.4 Å². The Bertz CT molecular complexity index is 256. The SMILES string of the molecule is CCN=C(N)N1CCCCC1C1CCCCC1. The van der Waals surface area contributed by atoms with Gasteiger partial charge in [-0.1, -0.05) is 19.3 Å². The first-order valence-electron chi connectivity index (χ1n) is 7.39. The van der Waals surface area contributed by atoms with Crippen molar-refractivity contribution in [3.63, 3.8) is 0 Å². The summed E-state index contributed by atoms with van der Waals surface area (Å²) in [6.07, 6.45) is 11.0. The van der Waals surface area contributed by atoms with E-state index in [1.54, 1.807) is 0 Å². The maximum absolute atomic E-state index is 6.13. The largest absolute Gasteiger partial charge is 0.370 e. The van der Waals surface area contributed by atoms with E-state index in [1.807, 2.05) is 0 Å². The van der Waals surface area contributed by atoms with Crippen molar-refractivity contribution in [1.29, 1.82) is 0 Å². The Morgan fingerprint density at radius 1 is 1.12 bits per heavy atom. The second-order valence-corrected chi connectivity index (χ2v) is 5.49. The molecule has 2 rings (SSSR count). The van der Waals surface area contributed by atoms with Crippen molar-refractivity contribution < 1.29 is 0 Å². The number of hydrogen-bond donors (Lipinski definition) is 1. The van der Waals surface area contributed by atoms with Gasteiger partial charge in [-0.05, 0) is 44.9 Å². The first-order valence-corrected chi connectivity index (χ1v) is 7.39. The molecule has 2 fully saturated rings. The molecule has 17 heavy (non-hydrogen) atoms. The van der Waals surface area contributed by atoms with Gasteiger partial charge < -0.3 is 10.6 Å². The van der Waals surface area contributed by atoms with Gasteiger partial charge >= 0.3 is 0 Å². The summed E-state index contributed by atoms with van der Waals surface area (Å²) in [5.74, 6) is 1.66. The Labute approximate surface area is 105 Å². The van der Waals surface area contributed by atoms with Crippen LogP contribution in [-0.2, 0) is 0 Å². The van der Waals surface area contributed by atoms with Gasteiger partial charge in [0.1, 0.15) is 0 Å². The average molecular weight is 237 g/mol. The van der Waals surface area contributed by atoms with Crippen molar-refractivity contribution in [3.8, 4) is 0 Å². The molecule has 3 nitrogen and oxygen atoms in total. The smallest absolute Gasteiger partial charge is 0.191 e. The molecule has 0 aromatic heterocycles. The number of guanidine groups is 1. The first-order chi connectivity index (χ1) is 8.33. The highest BCUT2D eigenvalue weighted by atomic mass is 15.3. The molecule has 98 valence electrons. The van der Waals surface area contributed by atoms with Crippen LogP contribution in [0.25, 0.3) is 0 Å². The van der Waals surface area contributed by atoms with Crippen LogP contribution in [0.1, 0.15) is 58.3 Å². The third kappa shape index (κ3) is 3.14. The van der Waals surface area contributed by atoms with Crippen LogP contribution < -0.4 is 5.73 Å². The second-order valence-electron chi connectivity index (χ2n) is 5.49. The number of aliphatic imine (C=N–C) groups is 1. The first kappa shape index (κ1) is 12.7. The third-order valence-electron chi connectivity index (χ3n) is 4.36. The molecule has 0 spiro atoms. The highest BCUT2D eigenvalue weighted by Crippen LogP contribution is 2.33. The van der Waals surface area contributed by atoms with Gasteiger partial charge in [0.15, 0.2) is 5.96 Å². The van der Waals surface area contributed by atoms with Gasteiger partial charge in [-0.15, -0.1) is 0 Å². The fourth-order valence-electron chi connectivity index (χ4n) is 3.50. The van der Waals surface area contributed by atoms with Crippen LogP contribution in [0.5, 0.6) is 0 Å². The van der Waals surface area contributed by atoms with E-state index in [-0.39, 0.29) is 0 Å². The summed E-state index contributed by atoms with van der Waals surface area (Å²) in [5.41, 5.74) is 6.13. The van der Waals surface area contributed by atoms with Crippen molar-refractivity contribution in [3.05, 3.63) is 0 Å². The van der Waals surface area contributed by atoms with Crippen molar-refractivity contribution in [2.24, 2.45) is 16.6 Å². The molecular formula is C14H27N3. The minimum Gasteiger partial charge on any atom is -0.370 e. The molecule has 1 atom stereocenters. The van der Waals surface area contributed by atoms with E-state index >= 15 is 0 Å². The van der Waals surface area contributed by atoms with Crippen molar-refractivity contribution in [2.75, 3.05) is 13.1 Å². The molecule has 1 saturated heterocycles. The summed E-state index contributed by atoms with van der Waals surface area (Å²) >= 11 is 0. The van der Waals surface area contributed by atoms with E-state index in [2.05, 4.69) is 16.8 Å². The van der Waals surface area contributed by atoms with Crippen LogP contribution in [0.4, 0.5) is 0 Å². The van der Waals surface area contributed by atoms with Gasteiger partial charge in [0.25, 0.3) is 0 Å². The zero-order valence-electron chi connectivity index (χ0n) is 11.2. The van der Waals surface area contributed by atoms with Crippen LogP contribution in [0, 0.1) is 5.92 Å². The monoisotopic (exact) mass is 237 g/mol. The third-order valence-corrected chi connectivity index (χ3v) is 4.36. The fourth-order valence-corrected chi connectivity index (χ4v) is 3.50. The second kappa shape index (κ2) is 6.27. The molecule has 1 aliphatic carbocycles. The topological polar surface area (TPSA) is 41.6 Å². The van der Waals surface area contributed by atoms with Crippen molar-refractivity contribution >= 4 is 5.96 Å². The summed E-state index contributed by atoms with van der Waals surface area (Å²) in [7, 11) is 0. The van der Waals surface area contributed by atoms with Gasteiger partial charge in [0.2, 0.25) is 0 Å². The normalized spacial score (nSPS) is 28.4. The standard InChI is InChI=1S/C14H27N3/c1-2-16-14(15)17-11-7-6-10-13(17)12-8-4-3-5-9-12/h12-13H,2-11H2,1H3,(H2,15,16). The number of nitrogens with two attached hydrogens (primary N) is 1. The van der Waals surface area contributed by atoms with Gasteiger partial charge in [0.05, 0.1) is 0 Å². The molecule has 2 aliphatic rings. The molecule has 0 aromatic carbocycles. The van der Waals surface area contributed by atoms with E-state index in [9.17, 15) is 0 Å². The fraction of sp³-hybridized carbons (Fsp3) is 0.929. The number of likely N-dealkylation sites (tertiary alicyclic amines) is 1. The van der Waals surface area contributed by atoms with Crippen molar-refractivity contribution in [1.82, 2.24) is 4.90 Å². The molecule has 0 aromatic rings. The number of nitrogens with zero attached hydrogens (tertiary/aromatic N) is 2. The van der Waals surface area contributed by atoms with Crippen LogP contribution in [-0.4, -0.2) is 30.0 Å².